The van der Waals surface area contributed by atoms with Gasteiger partial charge in [-0.15, -0.1) is 0 Å². The predicted octanol–water partition coefficient (Wildman–Crippen LogP) is 4.74. The summed E-state index contributed by atoms with van der Waals surface area (Å²) in [7, 11) is 0. The van der Waals surface area contributed by atoms with Gasteiger partial charge in [-0.1, -0.05) is 46.4 Å². The molecule has 0 spiro atoms. The molecule has 1 heterocycles. The molecule has 1 unspecified atom stereocenters. The first-order valence-corrected chi connectivity index (χ1v) is 8.35. The average molecular weight is 404 g/mol. The molecule has 0 saturated carbocycles. The number of hydrogen-bond acceptors (Lipinski definition) is 3. The van der Waals surface area contributed by atoms with E-state index in [4.69, 9.17) is 46.4 Å². The van der Waals surface area contributed by atoms with Crippen LogP contribution in [0.4, 0.5) is 0 Å². The standard InChI is InChI=1S/C16H10Cl4N2O2/c17-8-1-2-12(19)10(3-8)14(23)6-22-7-21-15-11(16(22)24)4-9(18)5-13(15)20/h1-5,7,14,23H,6H2. The maximum absolute atomic E-state index is 12.6. The molecule has 0 fully saturated rings. The first kappa shape index (κ1) is 17.5. The summed E-state index contributed by atoms with van der Waals surface area (Å²) in [5, 5.41) is 12.1. The Labute approximate surface area is 157 Å². The predicted molar refractivity (Wildman–Crippen MR) is 97.4 cm³/mol. The Morgan fingerprint density at radius 1 is 1.04 bits per heavy atom. The summed E-state index contributed by atoms with van der Waals surface area (Å²) in [5.41, 5.74) is 0.430. The highest BCUT2D eigenvalue weighted by Gasteiger charge is 2.16. The van der Waals surface area contributed by atoms with Crippen LogP contribution in [0, 0.1) is 0 Å². The molecule has 0 aliphatic rings. The average Bonchev–Trinajstić information content (AvgIpc) is 2.52. The zero-order valence-electron chi connectivity index (χ0n) is 12.0. The zero-order chi connectivity index (χ0) is 17.4. The Balaban J connectivity index is 2.03. The number of aliphatic hydroxyl groups is 1. The van der Waals surface area contributed by atoms with Crippen molar-refractivity contribution in [3.05, 3.63) is 72.7 Å². The van der Waals surface area contributed by atoms with E-state index >= 15 is 0 Å². The fourth-order valence-corrected chi connectivity index (χ4v) is 3.35. The zero-order valence-corrected chi connectivity index (χ0v) is 15.0. The van der Waals surface area contributed by atoms with Gasteiger partial charge in [0.15, 0.2) is 0 Å². The van der Waals surface area contributed by atoms with Crippen LogP contribution < -0.4 is 5.56 Å². The van der Waals surface area contributed by atoms with Crippen molar-refractivity contribution in [2.75, 3.05) is 0 Å². The van der Waals surface area contributed by atoms with Gasteiger partial charge in [-0.3, -0.25) is 9.36 Å². The molecule has 1 aromatic heterocycles. The molecule has 0 bridgehead atoms. The highest BCUT2D eigenvalue weighted by atomic mass is 35.5. The van der Waals surface area contributed by atoms with Crippen molar-refractivity contribution in [1.82, 2.24) is 9.55 Å². The van der Waals surface area contributed by atoms with E-state index in [1.807, 2.05) is 0 Å². The van der Waals surface area contributed by atoms with Crippen LogP contribution in [0.2, 0.25) is 20.1 Å². The maximum atomic E-state index is 12.6. The number of hydrogen-bond donors (Lipinski definition) is 1. The minimum absolute atomic E-state index is 0.0357. The van der Waals surface area contributed by atoms with Crippen LogP contribution in [0.25, 0.3) is 10.9 Å². The molecular weight excluding hydrogens is 394 g/mol. The van der Waals surface area contributed by atoms with Gasteiger partial charge < -0.3 is 5.11 Å². The second-order valence-corrected chi connectivity index (χ2v) is 6.85. The van der Waals surface area contributed by atoms with Crippen molar-refractivity contribution < 1.29 is 5.11 Å². The van der Waals surface area contributed by atoms with E-state index in [1.54, 1.807) is 18.2 Å². The normalized spacial score (nSPS) is 12.5. The summed E-state index contributed by atoms with van der Waals surface area (Å²) < 4.78 is 1.27. The Morgan fingerprint density at radius 2 is 1.79 bits per heavy atom. The van der Waals surface area contributed by atoms with E-state index < -0.39 is 6.10 Å². The van der Waals surface area contributed by atoms with Gasteiger partial charge in [-0.05, 0) is 30.3 Å². The Bertz CT molecular complexity index is 988. The van der Waals surface area contributed by atoms with E-state index in [0.29, 0.717) is 31.2 Å². The third-order valence-corrected chi connectivity index (χ3v) is 4.62. The lowest BCUT2D eigenvalue weighted by Gasteiger charge is -2.15. The smallest absolute Gasteiger partial charge is 0.261 e. The lowest BCUT2D eigenvalue weighted by molar-refractivity contribution is 0.155. The monoisotopic (exact) mass is 402 g/mol. The molecule has 0 radical (unpaired) electrons. The minimum Gasteiger partial charge on any atom is -0.386 e. The van der Waals surface area contributed by atoms with Gasteiger partial charge in [-0.25, -0.2) is 4.98 Å². The molecule has 1 atom stereocenters. The van der Waals surface area contributed by atoms with Crippen molar-refractivity contribution in [3.63, 3.8) is 0 Å². The van der Waals surface area contributed by atoms with Crippen molar-refractivity contribution in [3.8, 4) is 0 Å². The summed E-state index contributed by atoms with van der Waals surface area (Å²) in [6.45, 7) is -0.0357. The second-order valence-electron chi connectivity index (χ2n) is 5.17. The summed E-state index contributed by atoms with van der Waals surface area (Å²) >= 11 is 24.0. The lowest BCUT2D eigenvalue weighted by atomic mass is 10.1. The fourth-order valence-electron chi connectivity index (χ4n) is 2.38. The third kappa shape index (κ3) is 3.39. The summed E-state index contributed by atoms with van der Waals surface area (Å²) in [5.74, 6) is 0. The third-order valence-electron chi connectivity index (χ3n) is 3.53. The molecule has 1 N–H and O–H groups in total. The Morgan fingerprint density at radius 3 is 2.54 bits per heavy atom. The highest BCUT2D eigenvalue weighted by molar-refractivity contribution is 6.38. The molecule has 4 nitrogen and oxygen atoms in total. The van der Waals surface area contributed by atoms with Crippen LogP contribution in [0.3, 0.4) is 0 Å². The lowest BCUT2D eigenvalue weighted by Crippen LogP contribution is -2.24. The van der Waals surface area contributed by atoms with Gasteiger partial charge in [0, 0.05) is 20.6 Å². The van der Waals surface area contributed by atoms with Crippen molar-refractivity contribution >= 4 is 57.3 Å². The second kappa shape index (κ2) is 6.90. The molecule has 0 saturated heterocycles. The van der Waals surface area contributed by atoms with Crippen LogP contribution in [0.15, 0.2) is 41.5 Å². The molecule has 0 amide bonds. The van der Waals surface area contributed by atoms with Crippen LogP contribution in [0.5, 0.6) is 0 Å². The number of nitrogens with zero attached hydrogens (tertiary/aromatic N) is 2. The van der Waals surface area contributed by atoms with E-state index in [-0.39, 0.29) is 17.5 Å². The van der Waals surface area contributed by atoms with Crippen molar-refractivity contribution in [1.29, 1.82) is 0 Å². The van der Waals surface area contributed by atoms with Gasteiger partial charge in [0.1, 0.15) is 0 Å². The van der Waals surface area contributed by atoms with Crippen LogP contribution >= 0.6 is 46.4 Å². The number of aliphatic hydroxyl groups excluding tert-OH is 1. The highest BCUT2D eigenvalue weighted by Crippen LogP contribution is 2.28. The molecular formula is C16H10Cl4N2O2. The van der Waals surface area contributed by atoms with Crippen molar-refractivity contribution in [2.45, 2.75) is 12.6 Å². The topological polar surface area (TPSA) is 55.1 Å². The largest absolute Gasteiger partial charge is 0.386 e. The molecule has 0 aliphatic carbocycles. The number of aromatic nitrogens is 2. The maximum Gasteiger partial charge on any atom is 0.261 e. The van der Waals surface area contributed by atoms with Gasteiger partial charge in [-0.2, -0.15) is 0 Å². The summed E-state index contributed by atoms with van der Waals surface area (Å²) in [6, 6.07) is 7.77. The minimum atomic E-state index is -1.03. The van der Waals surface area contributed by atoms with Gasteiger partial charge in [0.05, 0.1) is 34.9 Å². The summed E-state index contributed by atoms with van der Waals surface area (Å²) in [4.78, 5) is 16.8. The van der Waals surface area contributed by atoms with Crippen LogP contribution in [0.1, 0.15) is 11.7 Å². The molecule has 2 aromatic carbocycles. The van der Waals surface area contributed by atoms with E-state index in [9.17, 15) is 9.90 Å². The quantitative estimate of drug-likeness (QED) is 0.686. The summed E-state index contributed by atoms with van der Waals surface area (Å²) in [6.07, 6.45) is 0.300. The molecule has 124 valence electrons. The van der Waals surface area contributed by atoms with Gasteiger partial charge >= 0.3 is 0 Å². The SMILES string of the molecule is O=c1c2cc(Cl)cc(Cl)c2ncn1CC(O)c1cc(Cl)ccc1Cl. The van der Waals surface area contributed by atoms with E-state index in [1.165, 1.54) is 23.0 Å². The molecule has 3 aromatic rings. The number of fused-ring (bicyclic) bond motifs is 1. The first-order chi connectivity index (χ1) is 11.4. The van der Waals surface area contributed by atoms with Crippen LogP contribution in [-0.2, 0) is 6.54 Å². The van der Waals surface area contributed by atoms with E-state index in [2.05, 4.69) is 4.98 Å². The number of benzene rings is 2. The molecule has 0 aliphatic heterocycles. The Hall–Kier alpha value is -1.30. The first-order valence-electron chi connectivity index (χ1n) is 6.84. The van der Waals surface area contributed by atoms with E-state index in [0.717, 1.165) is 0 Å². The van der Waals surface area contributed by atoms with Gasteiger partial charge in [0.2, 0.25) is 0 Å². The Kier molecular flexibility index (Phi) is 5.04. The number of rotatable bonds is 3. The van der Waals surface area contributed by atoms with Crippen molar-refractivity contribution in [2.24, 2.45) is 0 Å². The van der Waals surface area contributed by atoms with Gasteiger partial charge in [0.25, 0.3) is 5.56 Å². The molecule has 24 heavy (non-hydrogen) atoms. The number of halogens is 4. The fraction of sp³-hybridized carbons (Fsp3) is 0.125. The van der Waals surface area contributed by atoms with Crippen LogP contribution in [-0.4, -0.2) is 14.7 Å². The molecule has 8 heteroatoms. The molecule has 3 rings (SSSR count).